The molecule has 1 aliphatic heterocycles. The monoisotopic (exact) mass is 178 g/mol. The highest BCUT2D eigenvalue weighted by molar-refractivity contribution is 5.85. The van der Waals surface area contributed by atoms with Crippen molar-refractivity contribution in [3.05, 3.63) is 0 Å². The van der Waals surface area contributed by atoms with Crippen LogP contribution in [0.2, 0.25) is 0 Å². The zero-order valence-corrected chi connectivity index (χ0v) is 7.32. The second-order valence-electron chi connectivity index (χ2n) is 2.88. The van der Waals surface area contributed by atoms with Crippen molar-refractivity contribution in [3.63, 3.8) is 0 Å². The summed E-state index contributed by atoms with van der Waals surface area (Å²) in [5.41, 5.74) is 5.06. The molecule has 1 heterocycles. The molecular weight excluding hydrogens is 164 g/mol. The smallest absolute Gasteiger partial charge is 0.217 e. The summed E-state index contributed by atoms with van der Waals surface area (Å²) < 4.78 is 0. The third-order valence-corrected chi connectivity index (χ3v) is 1.89. The molecule has 0 aromatic carbocycles. The van der Waals surface area contributed by atoms with Crippen molar-refractivity contribution in [2.45, 2.75) is 19.3 Å². The predicted octanol–water partition coefficient (Wildman–Crippen LogP) is 0.283. The average molecular weight is 179 g/mol. The molecule has 3 N–H and O–H groups in total. The molecule has 0 aromatic heterocycles. The van der Waals surface area contributed by atoms with Crippen LogP contribution in [0, 0.1) is 5.92 Å². The Bertz CT molecular complexity index is 124. The molecule has 1 rings (SSSR count). The molecule has 1 atom stereocenters. The molecule has 1 amide bonds. The summed E-state index contributed by atoms with van der Waals surface area (Å²) in [5.74, 6) is 0.319. The molecule has 1 fully saturated rings. The summed E-state index contributed by atoms with van der Waals surface area (Å²) in [6, 6.07) is 0. The molecule has 1 aliphatic rings. The third-order valence-electron chi connectivity index (χ3n) is 1.89. The van der Waals surface area contributed by atoms with Crippen molar-refractivity contribution < 1.29 is 4.79 Å². The maximum Gasteiger partial charge on any atom is 0.217 e. The second-order valence-corrected chi connectivity index (χ2v) is 2.88. The number of piperidine rings is 1. The van der Waals surface area contributed by atoms with Gasteiger partial charge in [0.2, 0.25) is 5.91 Å². The zero-order valence-electron chi connectivity index (χ0n) is 6.51. The summed E-state index contributed by atoms with van der Waals surface area (Å²) in [4.78, 5) is 10.5. The number of hydrogen-bond acceptors (Lipinski definition) is 2. The Morgan fingerprint density at radius 2 is 2.36 bits per heavy atom. The quantitative estimate of drug-likeness (QED) is 0.639. The molecule has 1 saturated heterocycles. The van der Waals surface area contributed by atoms with Gasteiger partial charge in [-0.15, -0.1) is 12.4 Å². The molecule has 4 heteroatoms. The Balaban J connectivity index is 0.000001000. The molecule has 0 bridgehead atoms. The number of nitrogens with one attached hydrogen (secondary N) is 1. The van der Waals surface area contributed by atoms with E-state index in [9.17, 15) is 4.79 Å². The van der Waals surface area contributed by atoms with Gasteiger partial charge in [0.15, 0.2) is 0 Å². The van der Waals surface area contributed by atoms with E-state index < -0.39 is 0 Å². The summed E-state index contributed by atoms with van der Waals surface area (Å²) >= 11 is 0. The Kier molecular flexibility index (Phi) is 5.24. The van der Waals surface area contributed by atoms with Crippen LogP contribution < -0.4 is 11.1 Å². The molecule has 0 spiro atoms. The zero-order chi connectivity index (χ0) is 7.40. The maximum atomic E-state index is 10.5. The first kappa shape index (κ1) is 10.7. The minimum atomic E-state index is -0.172. The van der Waals surface area contributed by atoms with Gasteiger partial charge < -0.3 is 11.1 Å². The summed E-state index contributed by atoms with van der Waals surface area (Å²) in [7, 11) is 0. The van der Waals surface area contributed by atoms with E-state index in [-0.39, 0.29) is 18.3 Å². The van der Waals surface area contributed by atoms with Gasteiger partial charge in [0, 0.05) is 6.42 Å². The largest absolute Gasteiger partial charge is 0.370 e. The van der Waals surface area contributed by atoms with Crippen molar-refractivity contribution in [3.8, 4) is 0 Å². The first-order valence-corrected chi connectivity index (χ1v) is 3.78. The van der Waals surface area contributed by atoms with E-state index in [0.717, 1.165) is 19.5 Å². The summed E-state index contributed by atoms with van der Waals surface area (Å²) in [6.45, 7) is 2.05. The Morgan fingerprint density at radius 3 is 2.82 bits per heavy atom. The lowest BCUT2D eigenvalue weighted by Crippen LogP contribution is -2.32. The molecule has 0 radical (unpaired) electrons. The van der Waals surface area contributed by atoms with Crippen molar-refractivity contribution in [1.29, 1.82) is 0 Å². The molecule has 0 saturated carbocycles. The van der Waals surface area contributed by atoms with Gasteiger partial charge in [0.1, 0.15) is 0 Å². The average Bonchev–Trinajstić information content (AvgIpc) is 1.88. The van der Waals surface area contributed by atoms with Crippen LogP contribution in [0.4, 0.5) is 0 Å². The summed E-state index contributed by atoms with van der Waals surface area (Å²) in [6.07, 6.45) is 2.88. The number of hydrogen-bond donors (Lipinski definition) is 2. The van der Waals surface area contributed by atoms with Crippen LogP contribution in [0.3, 0.4) is 0 Å². The van der Waals surface area contributed by atoms with E-state index in [1.165, 1.54) is 6.42 Å². The van der Waals surface area contributed by atoms with Gasteiger partial charge >= 0.3 is 0 Å². The highest BCUT2D eigenvalue weighted by Gasteiger charge is 2.14. The first-order chi connectivity index (χ1) is 4.79. The molecule has 66 valence electrons. The second kappa shape index (κ2) is 5.38. The molecule has 0 aromatic rings. The Hall–Kier alpha value is -0.280. The van der Waals surface area contributed by atoms with Crippen LogP contribution in [0.15, 0.2) is 0 Å². The number of carbonyl (C=O) groups excluding carboxylic acids is 1. The predicted molar refractivity (Wildman–Crippen MR) is 46.7 cm³/mol. The lowest BCUT2D eigenvalue weighted by Gasteiger charge is -2.20. The van der Waals surface area contributed by atoms with Crippen LogP contribution in [-0.2, 0) is 4.79 Å². The maximum absolute atomic E-state index is 10.5. The molecule has 11 heavy (non-hydrogen) atoms. The van der Waals surface area contributed by atoms with Crippen molar-refractivity contribution in [1.82, 2.24) is 5.32 Å². The standard InChI is InChI=1S/C7H14N2O.ClH/c8-7(10)4-6-2-1-3-9-5-6;/h6,9H,1-5H2,(H2,8,10);1H/t6-;/m0./s1. The van der Waals surface area contributed by atoms with E-state index in [1.807, 2.05) is 0 Å². The van der Waals surface area contributed by atoms with Crippen LogP contribution in [0.5, 0.6) is 0 Å². The van der Waals surface area contributed by atoms with E-state index in [0.29, 0.717) is 12.3 Å². The fourth-order valence-electron chi connectivity index (χ4n) is 1.38. The minimum absolute atomic E-state index is 0. The molecule has 0 unspecified atom stereocenters. The molecular formula is C7H15ClN2O. The SMILES string of the molecule is Cl.NC(=O)C[C@@H]1CCCNC1. The van der Waals surface area contributed by atoms with E-state index in [1.54, 1.807) is 0 Å². The fraction of sp³-hybridized carbons (Fsp3) is 0.857. The van der Waals surface area contributed by atoms with Crippen LogP contribution >= 0.6 is 12.4 Å². The van der Waals surface area contributed by atoms with Gasteiger partial charge in [-0.25, -0.2) is 0 Å². The summed E-state index contributed by atoms with van der Waals surface area (Å²) in [5, 5.41) is 3.23. The fourth-order valence-corrected chi connectivity index (χ4v) is 1.38. The van der Waals surface area contributed by atoms with Crippen molar-refractivity contribution in [2.24, 2.45) is 11.7 Å². The van der Waals surface area contributed by atoms with E-state index in [4.69, 9.17) is 5.73 Å². The normalized spacial score (nSPS) is 23.8. The van der Waals surface area contributed by atoms with Gasteiger partial charge in [-0.2, -0.15) is 0 Å². The highest BCUT2D eigenvalue weighted by atomic mass is 35.5. The molecule has 3 nitrogen and oxygen atoms in total. The van der Waals surface area contributed by atoms with Gasteiger partial charge in [-0.3, -0.25) is 4.79 Å². The van der Waals surface area contributed by atoms with Gasteiger partial charge in [-0.1, -0.05) is 0 Å². The number of nitrogens with two attached hydrogens (primary N) is 1. The van der Waals surface area contributed by atoms with Crippen LogP contribution in [0.25, 0.3) is 0 Å². The van der Waals surface area contributed by atoms with Crippen molar-refractivity contribution in [2.75, 3.05) is 13.1 Å². The number of carbonyl (C=O) groups is 1. The van der Waals surface area contributed by atoms with E-state index in [2.05, 4.69) is 5.32 Å². The van der Waals surface area contributed by atoms with Gasteiger partial charge in [-0.05, 0) is 31.8 Å². The molecule has 0 aliphatic carbocycles. The van der Waals surface area contributed by atoms with Crippen molar-refractivity contribution >= 4 is 18.3 Å². The van der Waals surface area contributed by atoms with E-state index >= 15 is 0 Å². The van der Waals surface area contributed by atoms with Crippen LogP contribution in [0.1, 0.15) is 19.3 Å². The van der Waals surface area contributed by atoms with Gasteiger partial charge in [0.25, 0.3) is 0 Å². The number of amides is 1. The Morgan fingerprint density at radius 1 is 1.64 bits per heavy atom. The van der Waals surface area contributed by atoms with Crippen LogP contribution in [-0.4, -0.2) is 19.0 Å². The van der Waals surface area contributed by atoms with Gasteiger partial charge in [0.05, 0.1) is 0 Å². The Labute approximate surface area is 73.1 Å². The number of primary amides is 1. The number of halogens is 1. The lowest BCUT2D eigenvalue weighted by molar-refractivity contribution is -0.119. The first-order valence-electron chi connectivity index (χ1n) is 3.78. The third kappa shape index (κ3) is 4.22. The number of rotatable bonds is 2. The lowest BCUT2D eigenvalue weighted by atomic mass is 9.96. The topological polar surface area (TPSA) is 55.1 Å². The highest BCUT2D eigenvalue weighted by Crippen LogP contribution is 2.12. The minimum Gasteiger partial charge on any atom is -0.370 e.